The van der Waals surface area contributed by atoms with E-state index in [1.165, 1.54) is 4.90 Å². The molecule has 0 amide bonds. The van der Waals surface area contributed by atoms with Crippen molar-refractivity contribution in [2.75, 3.05) is 13.6 Å². The molecule has 15 heavy (non-hydrogen) atoms. The maximum Gasteiger partial charge on any atom is 0.404 e. The van der Waals surface area contributed by atoms with Crippen LogP contribution in [0.3, 0.4) is 0 Å². The summed E-state index contributed by atoms with van der Waals surface area (Å²) in [5.74, 6) is 0.0376. The highest BCUT2D eigenvalue weighted by molar-refractivity contribution is 4.79. The standard InChI is InChI=1S/C11H22F3N/c1-8(2)6-7-15(5)10(9(3)4)11(12,13)14/h8-10H,6-7H2,1-5H3/t10-/m1/s1. The highest BCUT2D eigenvalue weighted by Crippen LogP contribution is 2.29. The second kappa shape index (κ2) is 5.73. The fourth-order valence-corrected chi connectivity index (χ4v) is 1.74. The van der Waals surface area contributed by atoms with Crippen LogP contribution < -0.4 is 0 Å². The van der Waals surface area contributed by atoms with Crippen LogP contribution in [0.5, 0.6) is 0 Å². The number of hydrogen-bond donors (Lipinski definition) is 0. The highest BCUT2D eigenvalue weighted by atomic mass is 19.4. The SMILES string of the molecule is CC(C)CCN(C)[C@H](C(C)C)C(F)(F)F. The largest absolute Gasteiger partial charge is 0.404 e. The number of halogens is 3. The molecule has 0 aliphatic rings. The van der Waals surface area contributed by atoms with E-state index in [-0.39, 0.29) is 0 Å². The fourth-order valence-electron chi connectivity index (χ4n) is 1.74. The molecule has 0 heterocycles. The van der Waals surface area contributed by atoms with Crippen LogP contribution in [0.2, 0.25) is 0 Å². The zero-order chi connectivity index (χ0) is 12.2. The van der Waals surface area contributed by atoms with E-state index in [9.17, 15) is 13.2 Å². The first kappa shape index (κ1) is 14.8. The van der Waals surface area contributed by atoms with Crippen molar-refractivity contribution in [1.29, 1.82) is 0 Å². The van der Waals surface area contributed by atoms with Crippen LogP contribution in [0.25, 0.3) is 0 Å². The van der Waals surface area contributed by atoms with Gasteiger partial charge in [0, 0.05) is 0 Å². The maximum absolute atomic E-state index is 12.7. The van der Waals surface area contributed by atoms with Crippen molar-refractivity contribution in [2.24, 2.45) is 11.8 Å². The van der Waals surface area contributed by atoms with Crippen molar-refractivity contribution in [2.45, 2.75) is 46.3 Å². The van der Waals surface area contributed by atoms with Crippen LogP contribution in [-0.2, 0) is 0 Å². The van der Waals surface area contributed by atoms with Gasteiger partial charge < -0.3 is 0 Å². The van der Waals surface area contributed by atoms with Crippen molar-refractivity contribution in [3.05, 3.63) is 0 Å². The number of hydrogen-bond acceptors (Lipinski definition) is 1. The van der Waals surface area contributed by atoms with E-state index in [0.29, 0.717) is 12.5 Å². The monoisotopic (exact) mass is 225 g/mol. The molecule has 0 aromatic heterocycles. The summed E-state index contributed by atoms with van der Waals surface area (Å²) in [5.41, 5.74) is 0. The Morgan fingerprint density at radius 2 is 1.53 bits per heavy atom. The first-order chi connectivity index (χ1) is 6.66. The van der Waals surface area contributed by atoms with E-state index in [1.807, 2.05) is 13.8 Å². The van der Waals surface area contributed by atoms with Gasteiger partial charge in [0.1, 0.15) is 6.04 Å². The Labute approximate surface area is 90.6 Å². The van der Waals surface area contributed by atoms with Gasteiger partial charge in [0.2, 0.25) is 0 Å². The molecule has 0 fully saturated rings. The van der Waals surface area contributed by atoms with Crippen molar-refractivity contribution in [1.82, 2.24) is 4.90 Å². The summed E-state index contributed by atoms with van der Waals surface area (Å²) in [5, 5.41) is 0. The molecule has 0 spiro atoms. The number of alkyl halides is 3. The maximum atomic E-state index is 12.7. The Morgan fingerprint density at radius 1 is 1.07 bits per heavy atom. The van der Waals surface area contributed by atoms with Crippen LogP contribution in [0.4, 0.5) is 13.2 Å². The summed E-state index contributed by atoms with van der Waals surface area (Å²) in [4.78, 5) is 1.42. The van der Waals surface area contributed by atoms with Gasteiger partial charge in [-0.25, -0.2) is 0 Å². The first-order valence-electron chi connectivity index (χ1n) is 5.43. The van der Waals surface area contributed by atoms with Crippen molar-refractivity contribution < 1.29 is 13.2 Å². The topological polar surface area (TPSA) is 3.24 Å². The molecular weight excluding hydrogens is 203 g/mol. The summed E-state index contributed by atoms with van der Waals surface area (Å²) < 4.78 is 38.1. The van der Waals surface area contributed by atoms with Gasteiger partial charge in [-0.2, -0.15) is 13.2 Å². The van der Waals surface area contributed by atoms with Crippen LogP contribution in [0.15, 0.2) is 0 Å². The minimum absolute atomic E-state index is 0.401. The molecule has 0 aromatic rings. The Balaban J connectivity index is 4.37. The van der Waals surface area contributed by atoms with E-state index in [1.54, 1.807) is 20.9 Å². The number of nitrogens with zero attached hydrogens (tertiary/aromatic N) is 1. The lowest BCUT2D eigenvalue weighted by Gasteiger charge is -2.33. The molecular formula is C11H22F3N. The summed E-state index contributed by atoms with van der Waals surface area (Å²) in [6, 6.07) is -1.32. The molecule has 0 saturated carbocycles. The average molecular weight is 225 g/mol. The fraction of sp³-hybridized carbons (Fsp3) is 1.00. The molecule has 1 atom stereocenters. The van der Waals surface area contributed by atoms with Crippen molar-refractivity contribution in [3.63, 3.8) is 0 Å². The van der Waals surface area contributed by atoms with Gasteiger partial charge in [-0.1, -0.05) is 27.7 Å². The van der Waals surface area contributed by atoms with Crippen LogP contribution in [0.1, 0.15) is 34.1 Å². The summed E-state index contributed by atoms with van der Waals surface area (Å²) in [6.45, 7) is 7.77. The highest BCUT2D eigenvalue weighted by Gasteiger charge is 2.43. The first-order valence-corrected chi connectivity index (χ1v) is 5.43. The zero-order valence-corrected chi connectivity index (χ0v) is 10.2. The molecule has 0 saturated heterocycles. The van der Waals surface area contributed by atoms with E-state index < -0.39 is 18.1 Å². The van der Waals surface area contributed by atoms with Gasteiger partial charge >= 0.3 is 6.18 Å². The van der Waals surface area contributed by atoms with E-state index >= 15 is 0 Å². The Hall–Kier alpha value is -0.250. The van der Waals surface area contributed by atoms with Gasteiger partial charge in [0.15, 0.2) is 0 Å². The lowest BCUT2D eigenvalue weighted by atomic mass is 10.0. The molecule has 0 unspecified atom stereocenters. The number of rotatable bonds is 5. The molecule has 4 heteroatoms. The van der Waals surface area contributed by atoms with E-state index in [4.69, 9.17) is 0 Å². The predicted octanol–water partition coefficient (Wildman–Crippen LogP) is 3.55. The molecule has 0 radical (unpaired) electrons. The van der Waals surface area contributed by atoms with E-state index in [0.717, 1.165) is 6.42 Å². The third kappa shape index (κ3) is 5.40. The minimum atomic E-state index is -4.13. The van der Waals surface area contributed by atoms with E-state index in [2.05, 4.69) is 0 Å². The van der Waals surface area contributed by atoms with Gasteiger partial charge in [-0.15, -0.1) is 0 Å². The summed E-state index contributed by atoms with van der Waals surface area (Å²) in [7, 11) is 1.56. The molecule has 0 bridgehead atoms. The third-order valence-electron chi connectivity index (χ3n) is 2.50. The van der Waals surface area contributed by atoms with Crippen molar-refractivity contribution >= 4 is 0 Å². The van der Waals surface area contributed by atoms with Gasteiger partial charge in [0.05, 0.1) is 0 Å². The normalized spacial score (nSPS) is 15.4. The zero-order valence-electron chi connectivity index (χ0n) is 10.2. The minimum Gasteiger partial charge on any atom is -0.295 e. The van der Waals surface area contributed by atoms with Crippen LogP contribution in [0, 0.1) is 11.8 Å². The molecule has 0 rings (SSSR count). The molecule has 0 aliphatic carbocycles. The lowest BCUT2D eigenvalue weighted by molar-refractivity contribution is -0.191. The summed E-state index contributed by atoms with van der Waals surface area (Å²) in [6.07, 6.45) is -3.32. The molecule has 92 valence electrons. The smallest absolute Gasteiger partial charge is 0.295 e. The second-order valence-electron chi connectivity index (χ2n) is 4.89. The predicted molar refractivity (Wildman–Crippen MR) is 56.8 cm³/mol. The van der Waals surface area contributed by atoms with Crippen molar-refractivity contribution in [3.8, 4) is 0 Å². The van der Waals surface area contributed by atoms with Gasteiger partial charge in [-0.3, -0.25) is 4.90 Å². The average Bonchev–Trinajstić information content (AvgIpc) is 1.96. The quantitative estimate of drug-likeness (QED) is 0.691. The second-order valence-corrected chi connectivity index (χ2v) is 4.89. The molecule has 0 N–H and O–H groups in total. The molecule has 0 aromatic carbocycles. The third-order valence-corrected chi connectivity index (χ3v) is 2.50. The van der Waals surface area contributed by atoms with Gasteiger partial charge in [-0.05, 0) is 31.8 Å². The lowest BCUT2D eigenvalue weighted by Crippen LogP contribution is -2.47. The Bertz CT molecular complexity index is 175. The van der Waals surface area contributed by atoms with Gasteiger partial charge in [0.25, 0.3) is 0 Å². The Morgan fingerprint density at radius 3 is 1.80 bits per heavy atom. The molecule has 1 nitrogen and oxygen atoms in total. The van der Waals surface area contributed by atoms with Crippen LogP contribution in [-0.4, -0.2) is 30.7 Å². The molecule has 0 aliphatic heterocycles. The van der Waals surface area contributed by atoms with Crippen LogP contribution >= 0.6 is 0 Å². The Kier molecular flexibility index (Phi) is 5.63. The summed E-state index contributed by atoms with van der Waals surface area (Å²) >= 11 is 0.